The Morgan fingerprint density at radius 3 is 2.58 bits per heavy atom. The summed E-state index contributed by atoms with van der Waals surface area (Å²) in [5.41, 5.74) is -0.415. The second-order valence-electron chi connectivity index (χ2n) is 7.86. The summed E-state index contributed by atoms with van der Waals surface area (Å²) in [6.07, 6.45) is 0.754. The molecular weight excluding hydrogens is 306 g/mol. The number of fused-ring (bicyclic) bond motifs is 1. The SMILES string of the molecule is [2H][C@@]12C[C@]1(C)C[C@@H](COC(=O)c1ccccc1)N2C(=O)OC(C)(C)C. The lowest BCUT2D eigenvalue weighted by molar-refractivity contribution is 0.00570. The maximum Gasteiger partial charge on any atom is 0.410 e. The summed E-state index contributed by atoms with van der Waals surface area (Å²) in [6.45, 7) is 7.47. The first-order valence-electron chi connectivity index (χ1n) is 8.80. The van der Waals surface area contributed by atoms with E-state index in [0.29, 0.717) is 18.4 Å². The minimum Gasteiger partial charge on any atom is -0.460 e. The first kappa shape index (κ1) is 15.5. The molecule has 0 unspecified atom stereocenters. The van der Waals surface area contributed by atoms with Crippen molar-refractivity contribution in [2.75, 3.05) is 6.61 Å². The summed E-state index contributed by atoms with van der Waals surface area (Å²) >= 11 is 0. The van der Waals surface area contributed by atoms with E-state index in [9.17, 15) is 9.59 Å². The van der Waals surface area contributed by atoms with E-state index in [1.165, 1.54) is 4.90 Å². The van der Waals surface area contributed by atoms with Crippen LogP contribution in [-0.4, -0.2) is 41.2 Å². The minimum atomic E-state index is -0.959. The van der Waals surface area contributed by atoms with Crippen LogP contribution in [0.1, 0.15) is 52.3 Å². The van der Waals surface area contributed by atoms with Crippen LogP contribution in [0.4, 0.5) is 4.79 Å². The fourth-order valence-corrected chi connectivity index (χ4v) is 3.26. The largest absolute Gasteiger partial charge is 0.460 e. The van der Waals surface area contributed by atoms with E-state index in [4.69, 9.17) is 10.8 Å². The topological polar surface area (TPSA) is 55.8 Å². The van der Waals surface area contributed by atoms with Crippen LogP contribution in [0.3, 0.4) is 0 Å². The number of carbonyl (C=O) groups excluding carboxylic acids is 2. The van der Waals surface area contributed by atoms with Crippen molar-refractivity contribution in [3.63, 3.8) is 0 Å². The van der Waals surface area contributed by atoms with E-state index in [2.05, 4.69) is 0 Å². The van der Waals surface area contributed by atoms with E-state index < -0.39 is 23.7 Å². The van der Waals surface area contributed by atoms with Gasteiger partial charge in [0.25, 0.3) is 0 Å². The van der Waals surface area contributed by atoms with Crippen LogP contribution in [-0.2, 0) is 9.47 Å². The van der Waals surface area contributed by atoms with Crippen LogP contribution < -0.4 is 0 Å². The standard InChI is InChI=1S/C19H25NO4/c1-18(2,3)24-17(22)20-14(10-19(4)11-15(19)20)12-23-16(21)13-8-6-5-7-9-13/h5-9,14-15H,10-12H2,1-4H3/t14-,15+,19-/m0/s1/i15D. The van der Waals surface area contributed by atoms with Crippen molar-refractivity contribution < 1.29 is 20.4 Å². The van der Waals surface area contributed by atoms with E-state index in [1.807, 2.05) is 13.0 Å². The smallest absolute Gasteiger partial charge is 0.410 e. The van der Waals surface area contributed by atoms with Gasteiger partial charge < -0.3 is 9.47 Å². The molecule has 1 aliphatic heterocycles. The van der Waals surface area contributed by atoms with Crippen LogP contribution in [0.15, 0.2) is 30.3 Å². The molecule has 1 aromatic carbocycles. The molecule has 1 heterocycles. The summed E-state index contributed by atoms with van der Waals surface area (Å²) < 4.78 is 19.5. The third-order valence-corrected chi connectivity index (χ3v) is 4.48. The van der Waals surface area contributed by atoms with Gasteiger partial charge in [-0.3, -0.25) is 4.90 Å². The fraction of sp³-hybridized carbons (Fsp3) is 0.579. The summed E-state index contributed by atoms with van der Waals surface area (Å²) in [5, 5.41) is 0. The van der Waals surface area contributed by atoms with E-state index >= 15 is 0 Å². The highest BCUT2D eigenvalue weighted by Crippen LogP contribution is 2.59. The van der Waals surface area contributed by atoms with Crippen LogP contribution in [0, 0.1) is 5.41 Å². The lowest BCUT2D eigenvalue weighted by atomic mass is 10.0. The molecule has 24 heavy (non-hydrogen) atoms. The van der Waals surface area contributed by atoms with Crippen molar-refractivity contribution >= 4 is 12.1 Å². The zero-order valence-corrected chi connectivity index (χ0v) is 14.7. The lowest BCUT2D eigenvalue weighted by Crippen LogP contribution is -2.44. The highest BCUT2D eigenvalue weighted by atomic mass is 16.6. The number of rotatable bonds is 3. The van der Waals surface area contributed by atoms with E-state index in [0.717, 1.165) is 0 Å². The molecule has 1 aromatic rings. The molecule has 2 fully saturated rings. The Morgan fingerprint density at radius 2 is 1.96 bits per heavy atom. The molecule has 2 aliphatic rings. The molecular formula is C19H25NO4. The van der Waals surface area contributed by atoms with Crippen molar-refractivity contribution in [2.45, 2.75) is 58.2 Å². The number of hydrogen-bond donors (Lipinski definition) is 0. The van der Waals surface area contributed by atoms with Gasteiger partial charge in [-0.15, -0.1) is 0 Å². The average molecular weight is 332 g/mol. The molecule has 1 aliphatic carbocycles. The monoisotopic (exact) mass is 332 g/mol. The molecule has 1 saturated heterocycles. The number of piperidine rings is 1. The number of benzene rings is 1. The Labute approximate surface area is 144 Å². The summed E-state index contributed by atoms with van der Waals surface area (Å²) in [6, 6.07) is 7.46. The van der Waals surface area contributed by atoms with Gasteiger partial charge in [0.05, 0.1) is 13.0 Å². The zero-order chi connectivity index (χ0) is 18.5. The molecule has 0 aromatic heterocycles. The van der Waals surface area contributed by atoms with Crippen LogP contribution in [0.5, 0.6) is 0 Å². The maximum atomic E-state index is 12.6. The van der Waals surface area contributed by atoms with Gasteiger partial charge in [0, 0.05) is 6.02 Å². The molecule has 0 radical (unpaired) electrons. The first-order valence-corrected chi connectivity index (χ1v) is 8.30. The molecule has 3 rings (SSSR count). The quantitative estimate of drug-likeness (QED) is 0.793. The van der Waals surface area contributed by atoms with Crippen molar-refractivity contribution in [3.8, 4) is 0 Å². The van der Waals surface area contributed by atoms with Gasteiger partial charge in [-0.05, 0) is 51.2 Å². The highest BCUT2D eigenvalue weighted by Gasteiger charge is 2.63. The second kappa shape index (κ2) is 5.80. The third-order valence-electron chi connectivity index (χ3n) is 4.48. The molecule has 5 heteroatoms. The Balaban J connectivity index is 1.69. The number of nitrogens with zero attached hydrogens (tertiary/aromatic N) is 1. The van der Waals surface area contributed by atoms with Crippen molar-refractivity contribution in [3.05, 3.63) is 35.9 Å². The Kier molecular flexibility index (Phi) is 3.74. The van der Waals surface area contributed by atoms with E-state index in [1.54, 1.807) is 45.0 Å². The molecule has 0 bridgehead atoms. The van der Waals surface area contributed by atoms with E-state index in [-0.39, 0.29) is 18.1 Å². The van der Waals surface area contributed by atoms with Gasteiger partial charge in [-0.25, -0.2) is 9.59 Å². The summed E-state index contributed by atoms with van der Waals surface area (Å²) in [5.74, 6) is -0.422. The molecule has 1 saturated carbocycles. The van der Waals surface area contributed by atoms with Crippen molar-refractivity contribution in [1.29, 1.82) is 0 Å². The Morgan fingerprint density at radius 1 is 1.29 bits per heavy atom. The Hall–Kier alpha value is -2.04. The van der Waals surface area contributed by atoms with Gasteiger partial charge in [0.15, 0.2) is 0 Å². The highest BCUT2D eigenvalue weighted by molar-refractivity contribution is 5.89. The predicted molar refractivity (Wildman–Crippen MR) is 89.7 cm³/mol. The predicted octanol–water partition coefficient (Wildman–Crippen LogP) is 3.63. The van der Waals surface area contributed by atoms with Gasteiger partial charge in [-0.1, -0.05) is 25.1 Å². The molecule has 5 nitrogen and oxygen atoms in total. The number of carbonyl (C=O) groups is 2. The van der Waals surface area contributed by atoms with Crippen molar-refractivity contribution in [1.82, 2.24) is 4.90 Å². The molecule has 0 N–H and O–H groups in total. The van der Waals surface area contributed by atoms with Gasteiger partial charge in [0.2, 0.25) is 0 Å². The second-order valence-corrected chi connectivity index (χ2v) is 7.86. The lowest BCUT2D eigenvalue weighted by Gasteiger charge is -2.30. The molecule has 1 amide bonds. The molecule has 130 valence electrons. The van der Waals surface area contributed by atoms with Crippen LogP contribution in [0.2, 0.25) is 0 Å². The van der Waals surface area contributed by atoms with Gasteiger partial charge in [0.1, 0.15) is 12.2 Å². The number of ether oxygens (including phenoxy) is 2. The number of esters is 1. The van der Waals surface area contributed by atoms with Crippen molar-refractivity contribution in [2.24, 2.45) is 5.41 Å². The number of likely N-dealkylation sites (tertiary alicyclic amines) is 1. The zero-order valence-electron chi connectivity index (χ0n) is 15.7. The van der Waals surface area contributed by atoms with Gasteiger partial charge in [-0.2, -0.15) is 0 Å². The maximum absolute atomic E-state index is 12.6. The third kappa shape index (κ3) is 3.40. The van der Waals surface area contributed by atoms with Crippen LogP contribution in [0.25, 0.3) is 0 Å². The Bertz CT molecular complexity index is 686. The number of amides is 1. The molecule has 0 spiro atoms. The summed E-state index contributed by atoms with van der Waals surface area (Å²) in [4.78, 5) is 26.2. The number of hydrogen-bond acceptors (Lipinski definition) is 4. The minimum absolute atomic E-state index is 0.0726. The average Bonchev–Trinajstić information content (AvgIpc) is 2.96. The van der Waals surface area contributed by atoms with Crippen LogP contribution >= 0.6 is 0 Å². The first-order chi connectivity index (χ1) is 11.6. The normalized spacial score (nSPS) is 31.9. The fourth-order valence-electron chi connectivity index (χ4n) is 3.26. The summed E-state index contributed by atoms with van der Waals surface area (Å²) in [7, 11) is 0. The molecule has 3 atom stereocenters. The van der Waals surface area contributed by atoms with Gasteiger partial charge >= 0.3 is 12.1 Å².